The highest BCUT2D eigenvalue weighted by Crippen LogP contribution is 2.41. The third-order valence-corrected chi connectivity index (χ3v) is 6.87. The summed E-state index contributed by atoms with van der Waals surface area (Å²) in [7, 11) is 0. The van der Waals surface area contributed by atoms with Crippen LogP contribution in [0, 0.1) is 26.6 Å². The Morgan fingerprint density at radius 1 is 1.09 bits per heavy atom. The molecule has 0 radical (unpaired) electrons. The molecule has 33 heavy (non-hydrogen) atoms. The molecule has 1 saturated heterocycles. The molecule has 3 aromatic rings. The molecule has 3 amide bonds. The average molecular weight is 445 g/mol. The zero-order chi connectivity index (χ0) is 23.5. The number of hydrogen-bond donors (Lipinski definition) is 1. The summed E-state index contributed by atoms with van der Waals surface area (Å²) in [6.07, 6.45) is 1.17. The van der Waals surface area contributed by atoms with Crippen molar-refractivity contribution in [2.45, 2.75) is 39.2 Å². The Bertz CT molecular complexity index is 1340. The van der Waals surface area contributed by atoms with Crippen LogP contribution in [0.2, 0.25) is 0 Å². The molecule has 1 aliphatic carbocycles. The summed E-state index contributed by atoms with van der Waals surface area (Å²) in [5, 5.41) is 2.85. The van der Waals surface area contributed by atoms with Gasteiger partial charge in [0.1, 0.15) is 11.4 Å². The number of amides is 3. The summed E-state index contributed by atoms with van der Waals surface area (Å²) in [6.45, 7) is 4.95. The predicted molar refractivity (Wildman–Crippen MR) is 121 cm³/mol. The summed E-state index contributed by atoms with van der Waals surface area (Å²) < 4.78 is 15.9. The van der Waals surface area contributed by atoms with E-state index in [0.29, 0.717) is 35.3 Å². The monoisotopic (exact) mass is 445 g/mol. The molecule has 168 valence electrons. The summed E-state index contributed by atoms with van der Waals surface area (Å²) >= 11 is 0. The second-order valence-corrected chi connectivity index (χ2v) is 8.86. The van der Waals surface area contributed by atoms with Crippen LogP contribution in [0.5, 0.6) is 0 Å². The van der Waals surface area contributed by atoms with Crippen LogP contribution >= 0.6 is 0 Å². The Hall–Kier alpha value is -3.74. The van der Waals surface area contributed by atoms with Crippen LogP contribution < -0.4 is 5.32 Å². The van der Waals surface area contributed by atoms with Crippen LogP contribution in [0.1, 0.15) is 44.9 Å². The van der Waals surface area contributed by atoms with E-state index in [1.165, 1.54) is 6.07 Å². The summed E-state index contributed by atoms with van der Waals surface area (Å²) in [5.74, 6) is -1.05. The van der Waals surface area contributed by atoms with Crippen molar-refractivity contribution in [3.05, 3.63) is 88.0 Å². The topological polar surface area (TPSA) is 71.4 Å². The van der Waals surface area contributed by atoms with E-state index in [1.54, 1.807) is 36.6 Å². The van der Waals surface area contributed by atoms with Crippen molar-refractivity contribution in [1.29, 1.82) is 0 Å². The molecule has 5 rings (SSSR count). The number of aromatic nitrogens is 1. The smallest absolute Gasteiger partial charge is 0.319 e. The van der Waals surface area contributed by atoms with Gasteiger partial charge in [0.25, 0.3) is 5.91 Å². The molecule has 7 heteroatoms. The van der Waals surface area contributed by atoms with Gasteiger partial charge in [-0.05, 0) is 68.5 Å². The van der Waals surface area contributed by atoms with E-state index in [1.807, 2.05) is 31.2 Å². The minimum absolute atomic E-state index is 0.325. The van der Waals surface area contributed by atoms with Crippen molar-refractivity contribution >= 4 is 17.7 Å². The number of carbonyl (C=O) groups is 3. The highest BCUT2D eigenvalue weighted by atomic mass is 19.1. The SMILES string of the molecule is Cc1ccc(-n2c(C)cc(C(=O)CN3C(=O)NC4(CCc5ccccc54)C3=O)c2C)cc1F. The number of fused-ring (bicyclic) bond motifs is 2. The Morgan fingerprint density at radius 2 is 1.85 bits per heavy atom. The van der Waals surface area contributed by atoms with Crippen LogP contribution in [0.4, 0.5) is 9.18 Å². The lowest BCUT2D eigenvalue weighted by molar-refractivity contribution is -0.131. The molecule has 2 aromatic carbocycles. The van der Waals surface area contributed by atoms with Crippen molar-refractivity contribution in [2.75, 3.05) is 6.54 Å². The minimum atomic E-state index is -1.09. The van der Waals surface area contributed by atoms with Crippen molar-refractivity contribution in [3.63, 3.8) is 0 Å². The number of benzene rings is 2. The van der Waals surface area contributed by atoms with Gasteiger partial charge < -0.3 is 9.88 Å². The Morgan fingerprint density at radius 3 is 2.61 bits per heavy atom. The van der Waals surface area contributed by atoms with E-state index in [0.717, 1.165) is 21.7 Å². The van der Waals surface area contributed by atoms with Gasteiger partial charge in [-0.25, -0.2) is 9.18 Å². The van der Waals surface area contributed by atoms with E-state index in [9.17, 15) is 18.8 Å². The van der Waals surface area contributed by atoms with Crippen LogP contribution in [-0.2, 0) is 16.8 Å². The van der Waals surface area contributed by atoms with Crippen molar-refractivity contribution < 1.29 is 18.8 Å². The number of imide groups is 1. The number of nitrogens with zero attached hydrogens (tertiary/aromatic N) is 2. The molecular weight excluding hydrogens is 421 g/mol. The first kappa shape index (κ1) is 21.1. The van der Waals surface area contributed by atoms with E-state index < -0.39 is 11.6 Å². The van der Waals surface area contributed by atoms with Crippen LogP contribution in [0.25, 0.3) is 5.69 Å². The number of aryl methyl sites for hydroxylation is 3. The van der Waals surface area contributed by atoms with E-state index in [2.05, 4.69) is 5.32 Å². The molecule has 1 unspecified atom stereocenters. The summed E-state index contributed by atoms with van der Waals surface area (Å²) in [6, 6.07) is 13.7. The normalized spacial score (nSPS) is 19.3. The van der Waals surface area contributed by atoms with Crippen molar-refractivity contribution in [1.82, 2.24) is 14.8 Å². The zero-order valence-electron chi connectivity index (χ0n) is 18.7. The van der Waals surface area contributed by atoms with Gasteiger partial charge in [-0.15, -0.1) is 0 Å². The maximum Gasteiger partial charge on any atom is 0.325 e. The lowest BCUT2D eigenvalue weighted by atomic mass is 9.92. The number of Topliss-reactive ketones (excluding diaryl/α,β-unsaturated/α-hetero) is 1. The van der Waals surface area contributed by atoms with Gasteiger partial charge in [0.15, 0.2) is 5.78 Å². The number of hydrogen-bond acceptors (Lipinski definition) is 3. The van der Waals surface area contributed by atoms with E-state index in [4.69, 9.17) is 0 Å². The average Bonchev–Trinajstić information content (AvgIpc) is 3.38. The lowest BCUT2D eigenvalue weighted by Gasteiger charge is -2.22. The van der Waals surface area contributed by atoms with Gasteiger partial charge in [0.2, 0.25) is 0 Å². The number of urea groups is 1. The van der Waals surface area contributed by atoms with Gasteiger partial charge in [0.05, 0.1) is 6.54 Å². The van der Waals surface area contributed by atoms with Gasteiger partial charge in [-0.2, -0.15) is 0 Å². The van der Waals surface area contributed by atoms with Gasteiger partial charge >= 0.3 is 6.03 Å². The van der Waals surface area contributed by atoms with Gasteiger partial charge in [-0.3, -0.25) is 14.5 Å². The number of halogens is 1. The van der Waals surface area contributed by atoms with Crippen LogP contribution in [0.3, 0.4) is 0 Å². The second kappa shape index (κ2) is 7.40. The second-order valence-electron chi connectivity index (χ2n) is 8.86. The fraction of sp³-hybridized carbons (Fsp3) is 0.269. The predicted octanol–water partition coefficient (Wildman–Crippen LogP) is 4.12. The van der Waals surface area contributed by atoms with Gasteiger partial charge in [-0.1, -0.05) is 30.3 Å². The van der Waals surface area contributed by atoms with Crippen LogP contribution in [0.15, 0.2) is 48.5 Å². The molecule has 1 N–H and O–H groups in total. The number of ketones is 1. The molecule has 0 saturated carbocycles. The first-order valence-corrected chi connectivity index (χ1v) is 10.9. The van der Waals surface area contributed by atoms with E-state index in [-0.39, 0.29) is 24.1 Å². The standard InChI is InChI=1S/C26H24FN3O3/c1-15-8-9-19(13-22(15)27)30-16(2)12-20(17(30)3)23(31)14-29-24(32)26(28-25(29)33)11-10-18-6-4-5-7-21(18)26/h4-9,12-13H,10-11,14H2,1-3H3,(H,28,33). The molecule has 2 aliphatic rings. The minimum Gasteiger partial charge on any atom is -0.319 e. The molecular formula is C26H24FN3O3. The highest BCUT2D eigenvalue weighted by molar-refractivity contribution is 6.12. The third kappa shape index (κ3) is 3.10. The molecule has 6 nitrogen and oxygen atoms in total. The Balaban J connectivity index is 1.43. The molecule has 1 aromatic heterocycles. The summed E-state index contributed by atoms with van der Waals surface area (Å²) in [5.41, 5.74) is 3.70. The molecule has 1 aliphatic heterocycles. The molecule has 1 atom stereocenters. The summed E-state index contributed by atoms with van der Waals surface area (Å²) in [4.78, 5) is 40.4. The maximum atomic E-state index is 14.1. The highest BCUT2D eigenvalue weighted by Gasteiger charge is 2.55. The lowest BCUT2D eigenvalue weighted by Crippen LogP contribution is -2.42. The largest absolute Gasteiger partial charge is 0.325 e. The third-order valence-electron chi connectivity index (χ3n) is 6.87. The fourth-order valence-corrected chi connectivity index (χ4v) is 5.13. The number of nitrogens with one attached hydrogen (secondary N) is 1. The van der Waals surface area contributed by atoms with Crippen molar-refractivity contribution in [2.24, 2.45) is 0 Å². The fourth-order valence-electron chi connectivity index (χ4n) is 5.13. The van der Waals surface area contributed by atoms with Gasteiger partial charge in [0, 0.05) is 22.6 Å². The quantitative estimate of drug-likeness (QED) is 0.485. The number of rotatable bonds is 4. The molecule has 1 spiro atoms. The first-order valence-electron chi connectivity index (χ1n) is 10.9. The Kier molecular flexibility index (Phi) is 4.74. The zero-order valence-corrected chi connectivity index (χ0v) is 18.7. The first-order chi connectivity index (χ1) is 15.7. The Labute approximate surface area is 191 Å². The molecule has 1 fully saturated rings. The molecule has 2 heterocycles. The molecule has 0 bridgehead atoms. The number of carbonyl (C=O) groups excluding carboxylic acids is 3. The van der Waals surface area contributed by atoms with Crippen molar-refractivity contribution in [3.8, 4) is 5.69 Å². The van der Waals surface area contributed by atoms with E-state index >= 15 is 0 Å². The van der Waals surface area contributed by atoms with Crippen LogP contribution in [-0.4, -0.2) is 33.7 Å². The maximum absolute atomic E-state index is 14.1.